The van der Waals surface area contributed by atoms with Crippen LogP contribution in [-0.2, 0) is 14.9 Å². The Labute approximate surface area is 79.2 Å². The van der Waals surface area contributed by atoms with Gasteiger partial charge in [0.15, 0.2) is 0 Å². The minimum Gasteiger partial charge on any atom is -0.380 e. The summed E-state index contributed by atoms with van der Waals surface area (Å²) in [5.74, 6) is -0.257. The number of hydrogen-bond acceptors (Lipinski definition) is 4. The highest BCUT2D eigenvalue weighted by Gasteiger charge is 2.05. The Balaban J connectivity index is 3.45. The Hall–Kier alpha value is -0.170. The van der Waals surface area contributed by atoms with E-state index < -0.39 is 10.1 Å². The van der Waals surface area contributed by atoms with Crippen LogP contribution in [0.3, 0.4) is 0 Å². The SMILES string of the molecule is CCC(CNCCS(=O)(=O)O)OC. The van der Waals surface area contributed by atoms with E-state index >= 15 is 0 Å². The maximum Gasteiger partial charge on any atom is 0.266 e. The van der Waals surface area contributed by atoms with Gasteiger partial charge in [-0.15, -0.1) is 0 Å². The fraction of sp³-hybridized carbons (Fsp3) is 1.00. The minimum absolute atomic E-state index is 0.0985. The summed E-state index contributed by atoms with van der Waals surface area (Å²) in [6, 6.07) is 0. The molecule has 2 N–H and O–H groups in total. The summed E-state index contributed by atoms with van der Waals surface area (Å²) in [7, 11) is -2.23. The molecule has 0 aliphatic rings. The summed E-state index contributed by atoms with van der Waals surface area (Å²) in [4.78, 5) is 0. The van der Waals surface area contributed by atoms with Gasteiger partial charge in [-0.1, -0.05) is 6.92 Å². The van der Waals surface area contributed by atoms with E-state index in [9.17, 15) is 8.42 Å². The van der Waals surface area contributed by atoms with E-state index in [1.54, 1.807) is 7.11 Å². The third kappa shape index (κ3) is 8.17. The van der Waals surface area contributed by atoms with Crippen molar-refractivity contribution in [2.45, 2.75) is 19.4 Å². The van der Waals surface area contributed by atoms with E-state index in [0.717, 1.165) is 6.42 Å². The van der Waals surface area contributed by atoms with Crippen LogP contribution in [0.4, 0.5) is 0 Å². The first kappa shape index (κ1) is 12.8. The Morgan fingerprint density at radius 3 is 2.54 bits per heavy atom. The second-order valence-electron chi connectivity index (χ2n) is 2.76. The molecule has 0 amide bonds. The standard InChI is InChI=1S/C7H17NO4S/c1-3-7(12-2)6-8-4-5-13(9,10)11/h7-8H,3-6H2,1-2H3,(H,9,10,11). The summed E-state index contributed by atoms with van der Waals surface area (Å²) in [6.45, 7) is 2.83. The number of methoxy groups -OCH3 is 1. The van der Waals surface area contributed by atoms with Gasteiger partial charge in [0.05, 0.1) is 11.9 Å². The van der Waals surface area contributed by atoms with E-state index in [-0.39, 0.29) is 18.4 Å². The fourth-order valence-electron chi connectivity index (χ4n) is 0.859. The van der Waals surface area contributed by atoms with E-state index in [0.29, 0.717) is 6.54 Å². The van der Waals surface area contributed by atoms with Crippen molar-refractivity contribution in [3.05, 3.63) is 0 Å². The molecule has 0 aromatic rings. The van der Waals surface area contributed by atoms with Crippen molar-refractivity contribution >= 4 is 10.1 Å². The van der Waals surface area contributed by atoms with Crippen molar-refractivity contribution in [1.82, 2.24) is 5.32 Å². The predicted molar refractivity (Wildman–Crippen MR) is 50.4 cm³/mol. The molecule has 0 saturated carbocycles. The van der Waals surface area contributed by atoms with Gasteiger partial charge >= 0.3 is 0 Å². The molecule has 0 aliphatic carbocycles. The normalized spacial score (nSPS) is 14.4. The van der Waals surface area contributed by atoms with Gasteiger partial charge in [-0.3, -0.25) is 4.55 Å². The van der Waals surface area contributed by atoms with E-state index in [2.05, 4.69) is 5.32 Å². The summed E-state index contributed by atoms with van der Waals surface area (Å²) in [5.41, 5.74) is 0. The lowest BCUT2D eigenvalue weighted by Crippen LogP contribution is -2.31. The molecular weight excluding hydrogens is 194 g/mol. The Bertz CT molecular complexity index is 211. The molecule has 0 aliphatic heterocycles. The summed E-state index contributed by atoms with van der Waals surface area (Å²) in [6.07, 6.45) is 0.969. The topological polar surface area (TPSA) is 75.6 Å². The van der Waals surface area contributed by atoms with Gasteiger partial charge < -0.3 is 10.1 Å². The van der Waals surface area contributed by atoms with Gasteiger partial charge in [-0.25, -0.2) is 0 Å². The number of rotatable bonds is 7. The second kappa shape index (κ2) is 6.31. The molecule has 0 aromatic heterocycles. The molecule has 5 nitrogen and oxygen atoms in total. The average Bonchev–Trinajstić information content (AvgIpc) is 2.03. The minimum atomic E-state index is -3.84. The van der Waals surface area contributed by atoms with Crippen molar-refractivity contribution in [2.75, 3.05) is 26.0 Å². The third-order valence-electron chi connectivity index (χ3n) is 1.70. The molecule has 1 atom stereocenters. The quantitative estimate of drug-likeness (QED) is 0.454. The van der Waals surface area contributed by atoms with E-state index in [1.807, 2.05) is 6.92 Å². The molecule has 0 rings (SSSR count). The Morgan fingerprint density at radius 1 is 1.54 bits per heavy atom. The molecule has 0 radical (unpaired) electrons. The van der Waals surface area contributed by atoms with Crippen LogP contribution in [0.5, 0.6) is 0 Å². The first-order valence-corrected chi connectivity index (χ1v) is 5.79. The first-order chi connectivity index (χ1) is 5.99. The van der Waals surface area contributed by atoms with E-state index in [4.69, 9.17) is 9.29 Å². The van der Waals surface area contributed by atoms with Gasteiger partial charge in [0, 0.05) is 20.2 Å². The summed E-state index contributed by atoms with van der Waals surface area (Å²) in [5, 5.41) is 2.88. The van der Waals surface area contributed by atoms with E-state index in [1.165, 1.54) is 0 Å². The predicted octanol–water partition coefficient (Wildman–Crippen LogP) is -0.111. The molecule has 0 aromatic carbocycles. The lowest BCUT2D eigenvalue weighted by atomic mass is 10.3. The summed E-state index contributed by atoms with van der Waals surface area (Å²) >= 11 is 0. The maximum atomic E-state index is 10.3. The van der Waals surface area contributed by atoms with Crippen LogP contribution in [0.15, 0.2) is 0 Å². The van der Waals surface area contributed by atoms with Gasteiger partial charge in [-0.2, -0.15) is 8.42 Å². The van der Waals surface area contributed by atoms with Crippen LogP contribution in [-0.4, -0.2) is 45.0 Å². The van der Waals surface area contributed by atoms with Crippen molar-refractivity contribution in [3.63, 3.8) is 0 Å². The van der Waals surface area contributed by atoms with Crippen LogP contribution < -0.4 is 5.32 Å². The second-order valence-corrected chi connectivity index (χ2v) is 4.33. The highest BCUT2D eigenvalue weighted by molar-refractivity contribution is 7.85. The fourth-order valence-corrected chi connectivity index (χ4v) is 1.26. The lowest BCUT2D eigenvalue weighted by Gasteiger charge is -2.12. The molecule has 13 heavy (non-hydrogen) atoms. The first-order valence-electron chi connectivity index (χ1n) is 4.18. The lowest BCUT2D eigenvalue weighted by molar-refractivity contribution is 0.0992. The third-order valence-corrected chi connectivity index (χ3v) is 2.42. The maximum absolute atomic E-state index is 10.3. The van der Waals surface area contributed by atoms with Crippen LogP contribution in [0.1, 0.15) is 13.3 Å². The molecule has 80 valence electrons. The van der Waals surface area contributed by atoms with Crippen LogP contribution in [0, 0.1) is 0 Å². The van der Waals surface area contributed by atoms with Gasteiger partial charge in [0.2, 0.25) is 0 Å². The van der Waals surface area contributed by atoms with Gasteiger partial charge in [0.25, 0.3) is 10.1 Å². The van der Waals surface area contributed by atoms with Gasteiger partial charge in [0.1, 0.15) is 0 Å². The molecule has 0 fully saturated rings. The zero-order valence-corrected chi connectivity index (χ0v) is 8.80. The molecule has 0 heterocycles. The van der Waals surface area contributed by atoms with Crippen LogP contribution in [0.2, 0.25) is 0 Å². The zero-order chi connectivity index (χ0) is 10.3. The molecule has 0 spiro atoms. The Kier molecular flexibility index (Phi) is 6.23. The van der Waals surface area contributed by atoms with Crippen molar-refractivity contribution in [2.24, 2.45) is 0 Å². The molecule has 0 saturated heterocycles. The largest absolute Gasteiger partial charge is 0.380 e. The van der Waals surface area contributed by atoms with Crippen molar-refractivity contribution in [3.8, 4) is 0 Å². The highest BCUT2D eigenvalue weighted by atomic mass is 32.2. The smallest absolute Gasteiger partial charge is 0.266 e. The monoisotopic (exact) mass is 211 g/mol. The number of hydrogen-bond donors (Lipinski definition) is 2. The van der Waals surface area contributed by atoms with Crippen molar-refractivity contribution < 1.29 is 17.7 Å². The average molecular weight is 211 g/mol. The molecule has 1 unspecified atom stereocenters. The molecule has 0 bridgehead atoms. The highest BCUT2D eigenvalue weighted by Crippen LogP contribution is 1.92. The number of ether oxygens (including phenoxy) is 1. The summed E-state index contributed by atoms with van der Waals surface area (Å²) < 4.78 is 34.1. The van der Waals surface area contributed by atoms with Crippen LogP contribution in [0.25, 0.3) is 0 Å². The van der Waals surface area contributed by atoms with Crippen molar-refractivity contribution in [1.29, 1.82) is 0 Å². The molecular formula is C7H17NO4S. The number of nitrogens with one attached hydrogen (secondary N) is 1. The zero-order valence-electron chi connectivity index (χ0n) is 7.99. The van der Waals surface area contributed by atoms with Gasteiger partial charge in [-0.05, 0) is 6.42 Å². The Morgan fingerprint density at radius 2 is 2.15 bits per heavy atom. The van der Waals surface area contributed by atoms with Crippen LogP contribution >= 0.6 is 0 Å². The molecule has 6 heteroatoms.